The van der Waals surface area contributed by atoms with Gasteiger partial charge in [-0.25, -0.2) is 0 Å². The van der Waals surface area contributed by atoms with E-state index in [9.17, 15) is 0 Å². The van der Waals surface area contributed by atoms with Gasteiger partial charge in [0.1, 0.15) is 19.8 Å². The first kappa shape index (κ1) is 17.6. The predicted molar refractivity (Wildman–Crippen MR) is 92.0 cm³/mol. The van der Waals surface area contributed by atoms with Crippen molar-refractivity contribution in [3.05, 3.63) is 50.1 Å². The Balaban J connectivity index is 3.30. The Labute approximate surface area is 132 Å². The lowest BCUT2D eigenvalue weighted by Crippen LogP contribution is -2.03. The molecule has 0 saturated heterocycles. The third-order valence-corrected chi connectivity index (χ3v) is 2.42. The first-order chi connectivity index (χ1) is 10.6. The van der Waals surface area contributed by atoms with Crippen molar-refractivity contribution in [2.75, 3.05) is 19.8 Å². The molecule has 1 rings (SSSR count). The summed E-state index contributed by atoms with van der Waals surface area (Å²) in [5.41, 5.74) is 1.67. The van der Waals surface area contributed by atoms with Gasteiger partial charge in [-0.2, -0.15) is 0 Å². The van der Waals surface area contributed by atoms with Gasteiger partial charge in [-0.15, -0.1) is 0 Å². The van der Waals surface area contributed by atoms with Crippen LogP contribution in [0.4, 0.5) is 5.69 Å². The van der Waals surface area contributed by atoms with Gasteiger partial charge in [0.2, 0.25) is 5.75 Å². The van der Waals surface area contributed by atoms with Gasteiger partial charge in [-0.3, -0.25) is 4.99 Å². The standard InChI is InChI=1S/C18H23NO3/c1-6-9-20-16-12-15(19-14(4)5)13-17(21-10-7-2)18(16)22-11-8-3/h6-8,12-13H,1-3,9-11H2,4-5H3. The second-order valence-electron chi connectivity index (χ2n) is 4.63. The Morgan fingerprint density at radius 3 is 1.77 bits per heavy atom. The number of ether oxygens (including phenoxy) is 3. The highest BCUT2D eigenvalue weighted by Gasteiger charge is 2.15. The average molecular weight is 301 g/mol. The van der Waals surface area contributed by atoms with E-state index in [1.165, 1.54) is 0 Å². The molecule has 0 aliphatic heterocycles. The molecule has 0 aliphatic carbocycles. The molecule has 0 fully saturated rings. The molecule has 4 nitrogen and oxygen atoms in total. The molecular weight excluding hydrogens is 278 g/mol. The maximum absolute atomic E-state index is 5.69. The van der Waals surface area contributed by atoms with Crippen molar-refractivity contribution in [1.82, 2.24) is 0 Å². The molecule has 0 N–H and O–H groups in total. The lowest BCUT2D eigenvalue weighted by molar-refractivity contribution is 0.280. The van der Waals surface area contributed by atoms with Gasteiger partial charge in [-0.1, -0.05) is 38.0 Å². The largest absolute Gasteiger partial charge is 0.485 e. The number of hydrogen-bond acceptors (Lipinski definition) is 4. The van der Waals surface area contributed by atoms with Crippen LogP contribution >= 0.6 is 0 Å². The zero-order valence-electron chi connectivity index (χ0n) is 13.3. The predicted octanol–water partition coefficient (Wildman–Crippen LogP) is 4.49. The van der Waals surface area contributed by atoms with E-state index in [0.717, 1.165) is 11.4 Å². The summed E-state index contributed by atoms with van der Waals surface area (Å²) in [6.07, 6.45) is 5.00. The van der Waals surface area contributed by atoms with Crippen molar-refractivity contribution in [3.8, 4) is 17.2 Å². The van der Waals surface area contributed by atoms with Gasteiger partial charge >= 0.3 is 0 Å². The van der Waals surface area contributed by atoms with Crippen LogP contribution in [0.5, 0.6) is 17.2 Å². The van der Waals surface area contributed by atoms with Crippen molar-refractivity contribution in [2.24, 2.45) is 4.99 Å². The van der Waals surface area contributed by atoms with E-state index < -0.39 is 0 Å². The third kappa shape index (κ3) is 5.48. The number of nitrogens with zero attached hydrogens (tertiary/aromatic N) is 1. The number of aliphatic imine (C=N–C) groups is 1. The molecule has 0 aliphatic rings. The highest BCUT2D eigenvalue weighted by atomic mass is 16.5. The van der Waals surface area contributed by atoms with Crippen LogP contribution in [-0.2, 0) is 0 Å². The second-order valence-corrected chi connectivity index (χ2v) is 4.63. The maximum atomic E-state index is 5.69. The van der Waals surface area contributed by atoms with Crippen LogP contribution in [0.25, 0.3) is 0 Å². The number of benzene rings is 1. The minimum absolute atomic E-state index is 0.352. The van der Waals surface area contributed by atoms with Gasteiger partial charge in [0, 0.05) is 17.8 Å². The van der Waals surface area contributed by atoms with E-state index in [4.69, 9.17) is 14.2 Å². The fraction of sp³-hybridized carbons (Fsp3) is 0.278. The molecule has 0 radical (unpaired) electrons. The summed E-state index contributed by atoms with van der Waals surface area (Å²) in [6, 6.07) is 3.63. The summed E-state index contributed by atoms with van der Waals surface area (Å²) >= 11 is 0. The van der Waals surface area contributed by atoms with Crippen molar-refractivity contribution in [3.63, 3.8) is 0 Å². The Kier molecular flexibility index (Phi) is 7.54. The zero-order chi connectivity index (χ0) is 16.4. The summed E-state index contributed by atoms with van der Waals surface area (Å²) in [5, 5.41) is 0. The van der Waals surface area contributed by atoms with E-state index in [-0.39, 0.29) is 0 Å². The van der Waals surface area contributed by atoms with Crippen LogP contribution in [0, 0.1) is 0 Å². The summed E-state index contributed by atoms with van der Waals surface area (Å²) in [4.78, 5) is 4.45. The van der Waals surface area contributed by atoms with E-state index in [2.05, 4.69) is 24.7 Å². The molecule has 0 amide bonds. The molecule has 0 bridgehead atoms. The topological polar surface area (TPSA) is 40.0 Å². The van der Waals surface area contributed by atoms with E-state index in [1.54, 1.807) is 18.2 Å². The van der Waals surface area contributed by atoms with Crippen molar-refractivity contribution < 1.29 is 14.2 Å². The minimum Gasteiger partial charge on any atom is -0.485 e. The highest BCUT2D eigenvalue weighted by molar-refractivity contribution is 5.82. The first-order valence-electron chi connectivity index (χ1n) is 7.03. The smallest absolute Gasteiger partial charge is 0.204 e. The van der Waals surface area contributed by atoms with Crippen molar-refractivity contribution in [2.45, 2.75) is 13.8 Å². The molecule has 118 valence electrons. The molecule has 1 aromatic carbocycles. The van der Waals surface area contributed by atoms with Gasteiger partial charge in [-0.05, 0) is 13.8 Å². The summed E-state index contributed by atoms with van der Waals surface area (Å²) in [7, 11) is 0. The summed E-state index contributed by atoms with van der Waals surface area (Å²) < 4.78 is 17.0. The van der Waals surface area contributed by atoms with Gasteiger partial charge in [0.05, 0.1) is 5.69 Å². The van der Waals surface area contributed by atoms with E-state index in [0.29, 0.717) is 37.1 Å². The number of hydrogen-bond donors (Lipinski definition) is 0. The minimum atomic E-state index is 0.352. The van der Waals surface area contributed by atoms with E-state index in [1.807, 2.05) is 26.0 Å². The third-order valence-electron chi connectivity index (χ3n) is 2.42. The molecule has 1 aromatic rings. The fourth-order valence-electron chi connectivity index (χ4n) is 1.68. The molecule has 0 atom stereocenters. The summed E-state index contributed by atoms with van der Waals surface area (Å²) in [5.74, 6) is 1.64. The Morgan fingerprint density at radius 1 is 0.909 bits per heavy atom. The lowest BCUT2D eigenvalue weighted by atomic mass is 10.2. The van der Waals surface area contributed by atoms with Gasteiger partial charge in [0.15, 0.2) is 11.5 Å². The maximum Gasteiger partial charge on any atom is 0.204 e. The quantitative estimate of drug-likeness (QED) is 0.472. The molecule has 0 aromatic heterocycles. The van der Waals surface area contributed by atoms with Crippen molar-refractivity contribution in [1.29, 1.82) is 0 Å². The Hall–Kier alpha value is -2.49. The molecule has 0 unspecified atom stereocenters. The van der Waals surface area contributed by atoms with Gasteiger partial charge < -0.3 is 14.2 Å². The molecule has 0 spiro atoms. The molecule has 0 saturated carbocycles. The summed E-state index contributed by atoms with van der Waals surface area (Å²) in [6.45, 7) is 15.9. The van der Waals surface area contributed by atoms with Crippen LogP contribution in [-0.4, -0.2) is 25.5 Å². The normalized spacial score (nSPS) is 9.55. The zero-order valence-corrected chi connectivity index (χ0v) is 13.3. The Bertz CT molecular complexity index is 524. The second kappa shape index (κ2) is 9.45. The van der Waals surface area contributed by atoms with Crippen LogP contribution in [0.3, 0.4) is 0 Å². The average Bonchev–Trinajstić information content (AvgIpc) is 2.48. The molecular formula is C18H23NO3. The van der Waals surface area contributed by atoms with Crippen LogP contribution in [0.15, 0.2) is 55.1 Å². The monoisotopic (exact) mass is 301 g/mol. The van der Waals surface area contributed by atoms with Crippen LogP contribution in [0.1, 0.15) is 13.8 Å². The fourth-order valence-corrected chi connectivity index (χ4v) is 1.68. The highest BCUT2D eigenvalue weighted by Crippen LogP contribution is 2.41. The van der Waals surface area contributed by atoms with Crippen molar-refractivity contribution >= 4 is 11.4 Å². The van der Waals surface area contributed by atoms with Crippen LogP contribution in [0.2, 0.25) is 0 Å². The van der Waals surface area contributed by atoms with E-state index >= 15 is 0 Å². The number of rotatable bonds is 10. The molecule has 0 heterocycles. The van der Waals surface area contributed by atoms with Gasteiger partial charge in [0.25, 0.3) is 0 Å². The lowest BCUT2D eigenvalue weighted by Gasteiger charge is -2.16. The van der Waals surface area contributed by atoms with Crippen LogP contribution < -0.4 is 14.2 Å². The first-order valence-corrected chi connectivity index (χ1v) is 7.03. The SMILES string of the molecule is C=CCOc1cc(N=C(C)C)cc(OCC=C)c1OCC=C. The molecule has 4 heteroatoms. The Morgan fingerprint density at radius 2 is 1.36 bits per heavy atom. The molecule has 22 heavy (non-hydrogen) atoms.